The predicted octanol–water partition coefficient (Wildman–Crippen LogP) is 5.29. The van der Waals surface area contributed by atoms with Crippen LogP contribution >= 0.6 is 11.6 Å². The number of nitrogens with one attached hydrogen (secondary N) is 1. The van der Waals surface area contributed by atoms with Crippen molar-refractivity contribution in [3.8, 4) is 17.2 Å². The standard InChI is InChI=1S/C24H23ClN2O3/c1-29-17-7-5-6-15(12-17)20-14-21(19-13-16(25)10-11-22(19)28)27-24(26-20)18-8-3-4-9-23(18)30-2/h3-13,21,24,27-28H,14H2,1-2H3/t21-,24+/m1/s1. The third-order valence-corrected chi connectivity index (χ3v) is 5.48. The van der Waals surface area contributed by atoms with Crippen LogP contribution in [0.2, 0.25) is 5.02 Å². The monoisotopic (exact) mass is 422 g/mol. The Kier molecular flexibility index (Phi) is 5.93. The Hall–Kier alpha value is -3.02. The van der Waals surface area contributed by atoms with E-state index in [4.69, 9.17) is 26.1 Å². The van der Waals surface area contributed by atoms with Gasteiger partial charge in [0.15, 0.2) is 0 Å². The average Bonchev–Trinajstić information content (AvgIpc) is 2.80. The fourth-order valence-corrected chi connectivity index (χ4v) is 3.92. The third-order valence-electron chi connectivity index (χ3n) is 5.24. The lowest BCUT2D eigenvalue weighted by Crippen LogP contribution is -2.33. The van der Waals surface area contributed by atoms with Crippen LogP contribution in [0, 0.1) is 0 Å². The second kappa shape index (κ2) is 8.78. The molecule has 0 amide bonds. The van der Waals surface area contributed by atoms with Gasteiger partial charge in [0.1, 0.15) is 23.4 Å². The van der Waals surface area contributed by atoms with Crippen molar-refractivity contribution in [1.82, 2.24) is 5.32 Å². The first-order chi connectivity index (χ1) is 14.6. The average molecular weight is 423 g/mol. The van der Waals surface area contributed by atoms with Gasteiger partial charge >= 0.3 is 0 Å². The number of phenolic OH excluding ortho intramolecular Hbond substituents is 1. The highest BCUT2D eigenvalue weighted by atomic mass is 35.5. The molecule has 30 heavy (non-hydrogen) atoms. The SMILES string of the molecule is COc1cccc(C2=N[C@H](c3ccccc3OC)N[C@@H](c3cc(Cl)ccc3O)C2)c1. The second-order valence-corrected chi connectivity index (χ2v) is 7.52. The molecule has 154 valence electrons. The molecule has 0 spiro atoms. The smallest absolute Gasteiger partial charge is 0.129 e. The summed E-state index contributed by atoms with van der Waals surface area (Å²) in [5, 5.41) is 14.6. The molecule has 2 atom stereocenters. The zero-order valence-electron chi connectivity index (χ0n) is 16.8. The predicted molar refractivity (Wildman–Crippen MR) is 119 cm³/mol. The summed E-state index contributed by atoms with van der Waals surface area (Å²) in [5.74, 6) is 1.71. The summed E-state index contributed by atoms with van der Waals surface area (Å²) in [6.07, 6.45) is 0.242. The van der Waals surface area contributed by atoms with E-state index >= 15 is 0 Å². The zero-order valence-corrected chi connectivity index (χ0v) is 17.6. The molecule has 3 aromatic rings. The molecule has 1 aliphatic heterocycles. The molecule has 0 fully saturated rings. The molecule has 0 bridgehead atoms. The minimum atomic E-state index is -0.348. The highest BCUT2D eigenvalue weighted by Gasteiger charge is 2.29. The molecule has 1 aliphatic rings. The van der Waals surface area contributed by atoms with Gasteiger partial charge in [-0.2, -0.15) is 0 Å². The fourth-order valence-electron chi connectivity index (χ4n) is 3.74. The second-order valence-electron chi connectivity index (χ2n) is 7.08. The summed E-state index contributed by atoms with van der Waals surface area (Å²) in [4.78, 5) is 4.99. The van der Waals surface area contributed by atoms with Gasteiger partial charge in [-0.3, -0.25) is 10.3 Å². The highest BCUT2D eigenvalue weighted by Crippen LogP contribution is 2.37. The number of hydrogen-bond donors (Lipinski definition) is 2. The Morgan fingerprint density at radius 1 is 0.967 bits per heavy atom. The van der Waals surface area contributed by atoms with Crippen LogP contribution in [0.1, 0.15) is 35.3 Å². The van der Waals surface area contributed by atoms with Crippen molar-refractivity contribution in [3.63, 3.8) is 0 Å². The number of ether oxygens (including phenoxy) is 2. The quantitative estimate of drug-likeness (QED) is 0.586. The normalized spacial score (nSPS) is 18.6. The van der Waals surface area contributed by atoms with E-state index in [-0.39, 0.29) is 18.0 Å². The fraction of sp³-hybridized carbons (Fsp3) is 0.208. The molecule has 1 heterocycles. The molecule has 0 aromatic heterocycles. The molecule has 0 unspecified atom stereocenters. The van der Waals surface area contributed by atoms with Gasteiger partial charge in [-0.15, -0.1) is 0 Å². The minimum absolute atomic E-state index is 0.183. The first kappa shape index (κ1) is 20.3. The Morgan fingerprint density at radius 3 is 2.60 bits per heavy atom. The van der Waals surface area contributed by atoms with Gasteiger partial charge in [-0.1, -0.05) is 41.9 Å². The number of phenols is 1. The molecule has 2 N–H and O–H groups in total. The number of nitrogens with zero attached hydrogens (tertiary/aromatic N) is 1. The Labute approximate surface area is 180 Å². The van der Waals surface area contributed by atoms with Crippen molar-refractivity contribution in [2.75, 3.05) is 14.2 Å². The summed E-state index contributed by atoms with van der Waals surface area (Å²) < 4.78 is 11.0. The summed E-state index contributed by atoms with van der Waals surface area (Å²) in [6, 6.07) is 20.5. The maximum Gasteiger partial charge on any atom is 0.129 e. The van der Waals surface area contributed by atoms with E-state index in [1.54, 1.807) is 32.4 Å². The molecule has 3 aromatic carbocycles. The Morgan fingerprint density at radius 2 is 1.80 bits per heavy atom. The van der Waals surface area contributed by atoms with E-state index in [9.17, 15) is 5.11 Å². The number of halogens is 1. The number of hydrogen-bond acceptors (Lipinski definition) is 5. The van der Waals surface area contributed by atoms with Gasteiger partial charge in [-0.25, -0.2) is 0 Å². The van der Waals surface area contributed by atoms with E-state index in [2.05, 4.69) is 5.32 Å². The first-order valence-electron chi connectivity index (χ1n) is 9.67. The van der Waals surface area contributed by atoms with Crippen LogP contribution in [0.4, 0.5) is 0 Å². The molecule has 0 aliphatic carbocycles. The number of para-hydroxylation sites is 1. The van der Waals surface area contributed by atoms with Crippen molar-refractivity contribution >= 4 is 17.3 Å². The van der Waals surface area contributed by atoms with Crippen LogP contribution in [0.5, 0.6) is 17.2 Å². The van der Waals surface area contributed by atoms with Crippen LogP contribution in [-0.4, -0.2) is 25.0 Å². The third kappa shape index (κ3) is 4.13. The van der Waals surface area contributed by atoms with Gasteiger partial charge in [0.2, 0.25) is 0 Å². The molecular formula is C24H23ClN2O3. The van der Waals surface area contributed by atoms with Crippen molar-refractivity contribution in [1.29, 1.82) is 0 Å². The molecule has 4 rings (SSSR count). The Bertz CT molecular complexity index is 1080. The largest absolute Gasteiger partial charge is 0.508 e. The van der Waals surface area contributed by atoms with E-state index in [0.29, 0.717) is 11.4 Å². The van der Waals surface area contributed by atoms with E-state index < -0.39 is 0 Å². The van der Waals surface area contributed by atoms with Gasteiger partial charge in [0.05, 0.1) is 14.2 Å². The van der Waals surface area contributed by atoms with Gasteiger partial charge in [-0.05, 0) is 42.0 Å². The van der Waals surface area contributed by atoms with Crippen molar-refractivity contribution in [2.45, 2.75) is 18.6 Å². The number of benzene rings is 3. The Balaban J connectivity index is 1.81. The van der Waals surface area contributed by atoms with Crippen molar-refractivity contribution in [3.05, 3.63) is 88.4 Å². The molecule has 0 radical (unpaired) electrons. The topological polar surface area (TPSA) is 63.1 Å². The number of aromatic hydroxyl groups is 1. The lowest BCUT2D eigenvalue weighted by Gasteiger charge is -2.31. The number of rotatable bonds is 5. The van der Waals surface area contributed by atoms with Crippen LogP contribution in [0.25, 0.3) is 0 Å². The minimum Gasteiger partial charge on any atom is -0.508 e. The van der Waals surface area contributed by atoms with Crippen molar-refractivity contribution < 1.29 is 14.6 Å². The van der Waals surface area contributed by atoms with Crippen LogP contribution in [0.15, 0.2) is 71.7 Å². The van der Waals surface area contributed by atoms with Crippen LogP contribution < -0.4 is 14.8 Å². The maximum atomic E-state index is 10.5. The summed E-state index contributed by atoms with van der Waals surface area (Å²) in [5.41, 5.74) is 3.54. The summed E-state index contributed by atoms with van der Waals surface area (Å²) in [7, 11) is 3.29. The van der Waals surface area contributed by atoms with E-state index in [1.165, 1.54) is 0 Å². The molecule has 6 heteroatoms. The molecule has 0 saturated heterocycles. The molecule has 5 nitrogen and oxygen atoms in total. The van der Waals surface area contributed by atoms with Gasteiger partial charge in [0.25, 0.3) is 0 Å². The lowest BCUT2D eigenvalue weighted by atomic mass is 9.93. The molecular weight excluding hydrogens is 400 g/mol. The van der Waals surface area contributed by atoms with Crippen LogP contribution in [0.3, 0.4) is 0 Å². The van der Waals surface area contributed by atoms with Crippen LogP contribution in [-0.2, 0) is 0 Å². The van der Waals surface area contributed by atoms with Gasteiger partial charge in [0, 0.05) is 34.3 Å². The first-order valence-corrected chi connectivity index (χ1v) is 10.1. The number of methoxy groups -OCH3 is 2. The van der Waals surface area contributed by atoms with Crippen molar-refractivity contribution in [2.24, 2.45) is 4.99 Å². The van der Waals surface area contributed by atoms with E-state index in [0.717, 1.165) is 33.9 Å². The van der Waals surface area contributed by atoms with E-state index in [1.807, 2.05) is 48.5 Å². The summed E-state index contributed by atoms with van der Waals surface area (Å²) in [6.45, 7) is 0. The summed E-state index contributed by atoms with van der Waals surface area (Å²) >= 11 is 6.22. The maximum absolute atomic E-state index is 10.5. The highest BCUT2D eigenvalue weighted by molar-refractivity contribution is 6.30. The zero-order chi connectivity index (χ0) is 21.1. The molecule has 0 saturated carbocycles. The lowest BCUT2D eigenvalue weighted by molar-refractivity contribution is 0.381. The number of aliphatic imine (C=N–C) groups is 1. The van der Waals surface area contributed by atoms with Gasteiger partial charge < -0.3 is 14.6 Å².